The maximum absolute atomic E-state index is 13.2. The fourth-order valence-corrected chi connectivity index (χ4v) is 2.89. The van der Waals surface area contributed by atoms with Gasteiger partial charge in [-0.15, -0.1) is 0 Å². The van der Waals surface area contributed by atoms with Crippen molar-refractivity contribution in [2.45, 2.75) is 51.2 Å². The standard InChI is InChI=1S/C15H21FN2O3/c1-3-15(4-2)10-12(7-8-21-15)17-13-6-5-11(16)9-14(13)18(19)20/h5-6,9,12,17H,3-4,7-8,10H2,1-2H3. The van der Waals surface area contributed by atoms with E-state index >= 15 is 0 Å². The summed E-state index contributed by atoms with van der Waals surface area (Å²) in [5.74, 6) is -0.601. The van der Waals surface area contributed by atoms with E-state index in [4.69, 9.17) is 4.74 Å². The van der Waals surface area contributed by atoms with Crippen molar-refractivity contribution < 1.29 is 14.1 Å². The van der Waals surface area contributed by atoms with Crippen LogP contribution in [0.3, 0.4) is 0 Å². The molecule has 0 saturated carbocycles. The normalized spacial score (nSPS) is 21.0. The summed E-state index contributed by atoms with van der Waals surface area (Å²) in [4.78, 5) is 10.5. The Morgan fingerprint density at radius 1 is 1.48 bits per heavy atom. The largest absolute Gasteiger partial charge is 0.377 e. The lowest BCUT2D eigenvalue weighted by molar-refractivity contribution is -0.384. The summed E-state index contributed by atoms with van der Waals surface area (Å²) in [7, 11) is 0. The number of hydrogen-bond donors (Lipinski definition) is 1. The maximum Gasteiger partial charge on any atom is 0.295 e. The number of nitrogens with zero attached hydrogens (tertiary/aromatic N) is 1. The average molecular weight is 296 g/mol. The summed E-state index contributed by atoms with van der Waals surface area (Å²) in [5.41, 5.74) is -0.0143. The minimum absolute atomic E-state index is 0.0998. The van der Waals surface area contributed by atoms with E-state index in [1.807, 2.05) is 0 Å². The highest BCUT2D eigenvalue weighted by atomic mass is 19.1. The van der Waals surface area contributed by atoms with E-state index in [0.717, 1.165) is 31.7 Å². The number of nitro benzene ring substituents is 1. The van der Waals surface area contributed by atoms with Crippen LogP contribution in [0.15, 0.2) is 18.2 Å². The van der Waals surface area contributed by atoms with Crippen molar-refractivity contribution in [3.8, 4) is 0 Å². The Morgan fingerprint density at radius 3 is 2.81 bits per heavy atom. The van der Waals surface area contributed by atoms with Crippen LogP contribution >= 0.6 is 0 Å². The number of ether oxygens (including phenoxy) is 1. The predicted octanol–water partition coefficient (Wildman–Crippen LogP) is 3.88. The molecule has 0 aliphatic carbocycles. The Labute approximate surface area is 123 Å². The zero-order valence-corrected chi connectivity index (χ0v) is 12.4. The van der Waals surface area contributed by atoms with Crippen molar-refractivity contribution in [3.63, 3.8) is 0 Å². The molecule has 1 fully saturated rings. The number of nitrogens with one attached hydrogen (secondary N) is 1. The molecule has 1 heterocycles. The predicted molar refractivity (Wildman–Crippen MR) is 79.0 cm³/mol. The number of nitro groups is 1. The Morgan fingerprint density at radius 2 is 2.19 bits per heavy atom. The molecule has 5 nitrogen and oxygen atoms in total. The van der Waals surface area contributed by atoms with Gasteiger partial charge in [0.05, 0.1) is 16.6 Å². The van der Waals surface area contributed by atoms with E-state index in [0.29, 0.717) is 12.3 Å². The van der Waals surface area contributed by atoms with Crippen molar-refractivity contribution in [1.29, 1.82) is 0 Å². The first-order valence-electron chi connectivity index (χ1n) is 7.34. The first-order valence-corrected chi connectivity index (χ1v) is 7.34. The van der Waals surface area contributed by atoms with Crippen LogP contribution in [0.4, 0.5) is 15.8 Å². The minimum atomic E-state index is -0.601. The highest BCUT2D eigenvalue weighted by Gasteiger charge is 2.35. The van der Waals surface area contributed by atoms with Crippen LogP contribution < -0.4 is 5.32 Å². The van der Waals surface area contributed by atoms with E-state index in [1.54, 1.807) is 0 Å². The van der Waals surface area contributed by atoms with Gasteiger partial charge in [0.25, 0.3) is 5.69 Å². The number of anilines is 1. The second-order valence-electron chi connectivity index (χ2n) is 5.49. The summed E-state index contributed by atoms with van der Waals surface area (Å²) in [6.07, 6.45) is 3.41. The van der Waals surface area contributed by atoms with Crippen LogP contribution in [-0.4, -0.2) is 23.2 Å². The average Bonchev–Trinajstić information content (AvgIpc) is 2.49. The molecular weight excluding hydrogens is 275 g/mol. The summed E-state index contributed by atoms with van der Waals surface area (Å²) >= 11 is 0. The zero-order chi connectivity index (χ0) is 15.5. The third-order valence-electron chi connectivity index (χ3n) is 4.30. The molecule has 1 aromatic rings. The smallest absolute Gasteiger partial charge is 0.295 e. The molecule has 116 valence electrons. The highest BCUT2D eigenvalue weighted by molar-refractivity contribution is 5.61. The van der Waals surface area contributed by atoms with Gasteiger partial charge in [-0.3, -0.25) is 10.1 Å². The summed E-state index contributed by atoms with van der Waals surface area (Å²) < 4.78 is 19.1. The quantitative estimate of drug-likeness (QED) is 0.661. The topological polar surface area (TPSA) is 64.4 Å². The number of halogens is 1. The fraction of sp³-hybridized carbons (Fsp3) is 0.600. The Balaban J connectivity index is 2.16. The monoisotopic (exact) mass is 296 g/mol. The summed E-state index contributed by atoms with van der Waals surface area (Å²) in [6.45, 7) is 4.81. The zero-order valence-electron chi connectivity index (χ0n) is 12.4. The first kappa shape index (κ1) is 15.7. The van der Waals surface area contributed by atoms with Gasteiger partial charge < -0.3 is 10.1 Å². The van der Waals surface area contributed by atoms with Crippen molar-refractivity contribution >= 4 is 11.4 Å². The molecule has 1 unspecified atom stereocenters. The van der Waals surface area contributed by atoms with Crippen molar-refractivity contribution in [2.24, 2.45) is 0 Å². The van der Waals surface area contributed by atoms with E-state index in [2.05, 4.69) is 19.2 Å². The van der Waals surface area contributed by atoms with Gasteiger partial charge in [0.1, 0.15) is 11.5 Å². The fourth-order valence-electron chi connectivity index (χ4n) is 2.89. The lowest BCUT2D eigenvalue weighted by atomic mass is 9.86. The van der Waals surface area contributed by atoms with Gasteiger partial charge in [-0.2, -0.15) is 0 Å². The molecule has 1 aromatic carbocycles. The molecule has 1 aliphatic heterocycles. The molecule has 1 N–H and O–H groups in total. The van der Waals surface area contributed by atoms with E-state index in [-0.39, 0.29) is 17.3 Å². The summed E-state index contributed by atoms with van der Waals surface area (Å²) in [5, 5.41) is 14.2. The van der Waals surface area contributed by atoms with Gasteiger partial charge in [0.2, 0.25) is 0 Å². The number of benzene rings is 1. The molecule has 2 rings (SSSR count). The van der Waals surface area contributed by atoms with Crippen LogP contribution in [0.2, 0.25) is 0 Å². The Kier molecular flexibility index (Phi) is 4.77. The molecule has 6 heteroatoms. The molecule has 1 aliphatic rings. The van der Waals surface area contributed by atoms with Gasteiger partial charge in [-0.05, 0) is 37.8 Å². The molecule has 1 saturated heterocycles. The SMILES string of the molecule is CCC1(CC)CC(Nc2ccc(F)cc2[N+](=O)[O-])CCO1. The van der Waals surface area contributed by atoms with E-state index in [9.17, 15) is 14.5 Å². The van der Waals surface area contributed by atoms with Gasteiger partial charge in [0, 0.05) is 12.6 Å². The van der Waals surface area contributed by atoms with E-state index < -0.39 is 10.7 Å². The molecule has 0 amide bonds. The van der Waals surface area contributed by atoms with Crippen LogP contribution in [0, 0.1) is 15.9 Å². The van der Waals surface area contributed by atoms with Gasteiger partial charge in [0.15, 0.2) is 0 Å². The van der Waals surface area contributed by atoms with Crippen molar-refractivity contribution in [2.75, 3.05) is 11.9 Å². The van der Waals surface area contributed by atoms with Gasteiger partial charge in [-0.1, -0.05) is 13.8 Å². The molecular formula is C15H21FN2O3. The Bertz CT molecular complexity index is 518. The summed E-state index contributed by atoms with van der Waals surface area (Å²) in [6, 6.07) is 3.72. The van der Waals surface area contributed by atoms with Gasteiger partial charge in [-0.25, -0.2) is 4.39 Å². The lowest BCUT2D eigenvalue weighted by Gasteiger charge is -2.40. The number of rotatable bonds is 5. The maximum atomic E-state index is 13.2. The molecule has 1 atom stereocenters. The third kappa shape index (κ3) is 3.50. The van der Waals surface area contributed by atoms with Crippen LogP contribution in [0.5, 0.6) is 0 Å². The number of hydrogen-bond acceptors (Lipinski definition) is 4. The van der Waals surface area contributed by atoms with Crippen LogP contribution in [0.1, 0.15) is 39.5 Å². The molecule has 0 aromatic heterocycles. The minimum Gasteiger partial charge on any atom is -0.377 e. The second kappa shape index (κ2) is 6.39. The highest BCUT2D eigenvalue weighted by Crippen LogP contribution is 2.34. The molecule has 0 bridgehead atoms. The van der Waals surface area contributed by atoms with Crippen LogP contribution in [0.25, 0.3) is 0 Å². The molecule has 0 spiro atoms. The first-order chi connectivity index (χ1) is 9.99. The Hall–Kier alpha value is -1.69. The van der Waals surface area contributed by atoms with E-state index in [1.165, 1.54) is 12.1 Å². The van der Waals surface area contributed by atoms with Crippen LogP contribution in [-0.2, 0) is 4.74 Å². The van der Waals surface area contributed by atoms with Crippen molar-refractivity contribution in [3.05, 3.63) is 34.1 Å². The van der Waals surface area contributed by atoms with Gasteiger partial charge >= 0.3 is 0 Å². The van der Waals surface area contributed by atoms with Crippen molar-refractivity contribution in [1.82, 2.24) is 0 Å². The lowest BCUT2D eigenvalue weighted by Crippen LogP contribution is -2.43. The molecule has 0 radical (unpaired) electrons. The second-order valence-corrected chi connectivity index (χ2v) is 5.49. The molecule has 21 heavy (non-hydrogen) atoms. The third-order valence-corrected chi connectivity index (χ3v) is 4.30.